The number of aromatic nitrogens is 2. The number of ether oxygens (including phenoxy) is 1. The normalized spacial score (nSPS) is 21.1. The molecule has 0 spiro atoms. The number of amides is 2. The van der Waals surface area contributed by atoms with Crippen LogP contribution in [0.15, 0.2) is 30.3 Å². The molecule has 1 atom stereocenters. The number of fused-ring (bicyclic) bond motifs is 1. The Morgan fingerprint density at radius 1 is 1.11 bits per heavy atom. The van der Waals surface area contributed by atoms with Gasteiger partial charge in [0.05, 0.1) is 13.2 Å². The molecule has 1 aromatic heterocycles. The summed E-state index contributed by atoms with van der Waals surface area (Å²) in [4.78, 5) is 41.4. The zero-order chi connectivity index (χ0) is 25.0. The van der Waals surface area contributed by atoms with E-state index in [1.165, 1.54) is 30.0 Å². The Bertz CT molecular complexity index is 1070. The lowest BCUT2D eigenvalue weighted by Crippen LogP contribution is -2.64. The van der Waals surface area contributed by atoms with E-state index in [2.05, 4.69) is 10.4 Å². The number of aryl methyl sites for hydroxylation is 1. The number of benzene rings is 1. The van der Waals surface area contributed by atoms with E-state index in [4.69, 9.17) is 4.74 Å². The fourth-order valence-electron chi connectivity index (χ4n) is 5.01. The number of esters is 1. The Kier molecular flexibility index (Phi) is 7.57. The van der Waals surface area contributed by atoms with Gasteiger partial charge < -0.3 is 15.0 Å². The van der Waals surface area contributed by atoms with Crippen LogP contribution in [0.4, 0.5) is 0 Å². The monoisotopic (exact) mass is 480 g/mol. The molecular weight excluding hydrogens is 444 g/mol. The summed E-state index contributed by atoms with van der Waals surface area (Å²) in [6.45, 7) is 6.20. The first-order valence-electron chi connectivity index (χ1n) is 12.8. The molecule has 8 nitrogen and oxygen atoms in total. The summed E-state index contributed by atoms with van der Waals surface area (Å²) < 4.78 is 6.56. The van der Waals surface area contributed by atoms with Crippen LogP contribution in [-0.2, 0) is 22.6 Å². The van der Waals surface area contributed by atoms with Crippen LogP contribution in [0.3, 0.4) is 0 Å². The second kappa shape index (κ2) is 10.6. The third kappa shape index (κ3) is 5.41. The minimum atomic E-state index is -1.16. The van der Waals surface area contributed by atoms with Crippen molar-refractivity contribution in [2.75, 3.05) is 6.61 Å². The van der Waals surface area contributed by atoms with Crippen molar-refractivity contribution in [3.8, 4) is 0 Å². The van der Waals surface area contributed by atoms with Crippen LogP contribution in [0.25, 0.3) is 0 Å². The minimum absolute atomic E-state index is 0.0789. The molecule has 0 saturated heterocycles. The van der Waals surface area contributed by atoms with Crippen LogP contribution in [0.2, 0.25) is 0 Å². The van der Waals surface area contributed by atoms with Crippen molar-refractivity contribution in [1.82, 2.24) is 20.0 Å². The van der Waals surface area contributed by atoms with E-state index >= 15 is 0 Å². The van der Waals surface area contributed by atoms with E-state index in [-0.39, 0.29) is 48.9 Å². The van der Waals surface area contributed by atoms with Gasteiger partial charge >= 0.3 is 5.97 Å². The molecule has 35 heavy (non-hydrogen) atoms. The number of nitrogens with zero attached hydrogens (tertiary/aromatic N) is 3. The average molecular weight is 481 g/mol. The maximum Gasteiger partial charge on any atom is 0.358 e. The zero-order valence-corrected chi connectivity index (χ0v) is 21.0. The smallest absolute Gasteiger partial charge is 0.358 e. The molecule has 188 valence electrons. The number of carbonyl (C=O) groups is 3. The van der Waals surface area contributed by atoms with Crippen LogP contribution in [0.5, 0.6) is 0 Å². The van der Waals surface area contributed by atoms with Gasteiger partial charge in [0.15, 0.2) is 5.69 Å². The molecular formula is C27H36N4O4. The predicted molar refractivity (Wildman–Crippen MR) is 132 cm³/mol. The van der Waals surface area contributed by atoms with Crippen molar-refractivity contribution in [3.05, 3.63) is 52.8 Å². The van der Waals surface area contributed by atoms with Crippen molar-refractivity contribution in [2.45, 2.75) is 90.4 Å². The number of carbonyl (C=O) groups excluding carboxylic acids is 3. The molecule has 1 aliphatic carbocycles. The van der Waals surface area contributed by atoms with Gasteiger partial charge in [0.2, 0.25) is 5.91 Å². The summed E-state index contributed by atoms with van der Waals surface area (Å²) in [6.07, 6.45) is 7.73. The highest BCUT2D eigenvalue weighted by Gasteiger charge is 2.48. The van der Waals surface area contributed by atoms with Gasteiger partial charge in [-0.1, -0.05) is 61.9 Å². The summed E-state index contributed by atoms with van der Waals surface area (Å²) in [5.41, 5.74) is 1.27. The molecule has 1 saturated carbocycles. The zero-order valence-electron chi connectivity index (χ0n) is 21.0. The summed E-state index contributed by atoms with van der Waals surface area (Å²) in [7, 11) is 0. The molecule has 2 heterocycles. The topological polar surface area (TPSA) is 93.5 Å². The number of hydrogen-bond donors (Lipinski definition) is 1. The number of rotatable bonds is 6. The van der Waals surface area contributed by atoms with Crippen molar-refractivity contribution in [3.63, 3.8) is 0 Å². The van der Waals surface area contributed by atoms with Gasteiger partial charge in [-0.05, 0) is 39.2 Å². The Morgan fingerprint density at radius 2 is 1.77 bits per heavy atom. The van der Waals surface area contributed by atoms with Crippen molar-refractivity contribution >= 4 is 17.8 Å². The maximum absolute atomic E-state index is 13.8. The predicted octanol–water partition coefficient (Wildman–Crippen LogP) is 4.01. The fraction of sp³-hybridized carbons (Fsp3) is 0.556. The largest absolute Gasteiger partial charge is 0.461 e. The molecule has 2 aliphatic rings. The molecule has 1 aromatic carbocycles. The Labute approximate surface area is 207 Å². The molecule has 4 rings (SSSR count). The van der Waals surface area contributed by atoms with Gasteiger partial charge in [-0.2, -0.15) is 5.10 Å². The highest BCUT2D eigenvalue weighted by atomic mass is 16.5. The quantitative estimate of drug-likeness (QED) is 0.631. The standard InChI is InChI=1S/C27H36N4O4/c1-4-35-25(33)22-16-23-24(32)30(17-20-14-12-19(2)13-15-20)27(3,18-31(23)29-22)26(34)28-21-10-8-6-5-7-9-11-21/h12-16,21H,4-11,17-18H2,1-3H3,(H,28,34)/t27-/m1/s1. The van der Waals surface area contributed by atoms with E-state index in [1.807, 2.05) is 31.2 Å². The number of nitrogens with one attached hydrogen (secondary N) is 1. The van der Waals surface area contributed by atoms with Crippen molar-refractivity contribution in [2.24, 2.45) is 0 Å². The van der Waals surface area contributed by atoms with Crippen molar-refractivity contribution in [1.29, 1.82) is 0 Å². The molecule has 0 bridgehead atoms. The first-order valence-corrected chi connectivity index (χ1v) is 12.8. The summed E-state index contributed by atoms with van der Waals surface area (Å²) in [5.74, 6) is -1.08. The molecule has 2 aromatic rings. The SMILES string of the molecule is CCOC(=O)c1cc2n(n1)C[C@](C)(C(=O)NC1CCCCCCC1)N(Cc1ccc(C)cc1)C2=O. The van der Waals surface area contributed by atoms with Crippen LogP contribution >= 0.6 is 0 Å². The minimum Gasteiger partial charge on any atom is -0.461 e. The van der Waals surface area contributed by atoms with Gasteiger partial charge in [-0.25, -0.2) is 4.79 Å². The van der Waals surface area contributed by atoms with E-state index in [0.29, 0.717) is 0 Å². The molecule has 0 radical (unpaired) electrons. The van der Waals surface area contributed by atoms with Crippen LogP contribution in [0, 0.1) is 6.92 Å². The third-order valence-electron chi connectivity index (χ3n) is 7.17. The van der Waals surface area contributed by atoms with E-state index in [1.54, 1.807) is 18.7 Å². The molecule has 1 N–H and O–H groups in total. The number of hydrogen-bond acceptors (Lipinski definition) is 5. The first-order chi connectivity index (χ1) is 16.8. The van der Waals surface area contributed by atoms with Gasteiger partial charge in [0.25, 0.3) is 5.91 Å². The van der Waals surface area contributed by atoms with Gasteiger partial charge in [0.1, 0.15) is 11.2 Å². The Hall–Kier alpha value is -3.16. The summed E-state index contributed by atoms with van der Waals surface area (Å²) in [5, 5.41) is 7.60. The lowest BCUT2D eigenvalue weighted by Gasteiger charge is -2.44. The lowest BCUT2D eigenvalue weighted by atomic mass is 9.91. The summed E-state index contributed by atoms with van der Waals surface area (Å²) in [6, 6.07) is 9.52. The van der Waals surface area contributed by atoms with Crippen LogP contribution in [-0.4, -0.2) is 50.7 Å². The molecule has 8 heteroatoms. The molecule has 1 fully saturated rings. The fourth-order valence-corrected chi connectivity index (χ4v) is 5.01. The van der Waals surface area contributed by atoms with E-state index in [9.17, 15) is 14.4 Å². The molecule has 2 amide bonds. The van der Waals surface area contributed by atoms with Gasteiger partial charge in [-0.15, -0.1) is 0 Å². The Balaban J connectivity index is 1.65. The highest BCUT2D eigenvalue weighted by molar-refractivity contribution is 6.01. The van der Waals surface area contributed by atoms with Crippen LogP contribution in [0.1, 0.15) is 90.9 Å². The highest BCUT2D eigenvalue weighted by Crippen LogP contribution is 2.30. The third-order valence-corrected chi connectivity index (χ3v) is 7.17. The lowest BCUT2D eigenvalue weighted by molar-refractivity contribution is -0.134. The Morgan fingerprint density at radius 3 is 2.43 bits per heavy atom. The summed E-state index contributed by atoms with van der Waals surface area (Å²) >= 11 is 0. The van der Waals surface area contributed by atoms with Crippen LogP contribution < -0.4 is 5.32 Å². The molecule has 0 unspecified atom stereocenters. The average Bonchev–Trinajstić information content (AvgIpc) is 3.24. The van der Waals surface area contributed by atoms with E-state index < -0.39 is 11.5 Å². The maximum atomic E-state index is 13.8. The second-order valence-corrected chi connectivity index (χ2v) is 9.96. The second-order valence-electron chi connectivity index (χ2n) is 9.96. The molecule has 1 aliphatic heterocycles. The van der Waals surface area contributed by atoms with Gasteiger partial charge in [-0.3, -0.25) is 14.3 Å². The van der Waals surface area contributed by atoms with Gasteiger partial charge in [0, 0.05) is 18.7 Å². The van der Waals surface area contributed by atoms with E-state index in [0.717, 1.165) is 36.8 Å². The first kappa shape index (κ1) is 24.9. The van der Waals surface area contributed by atoms with Crippen molar-refractivity contribution < 1.29 is 19.1 Å².